The molecule has 7 nitrogen and oxygen atoms in total. The predicted octanol–water partition coefficient (Wildman–Crippen LogP) is 4.23. The van der Waals surface area contributed by atoms with E-state index in [9.17, 15) is 15.0 Å². The first-order chi connectivity index (χ1) is 17.7. The van der Waals surface area contributed by atoms with E-state index in [2.05, 4.69) is 5.32 Å². The molecule has 1 heterocycles. The highest BCUT2D eigenvalue weighted by atomic mass is 35.5. The molecule has 0 bridgehead atoms. The molecule has 1 amide bonds. The zero-order valence-electron chi connectivity index (χ0n) is 21.1. The van der Waals surface area contributed by atoms with E-state index in [0.717, 1.165) is 11.1 Å². The maximum Gasteiger partial charge on any atom is 0.252 e. The summed E-state index contributed by atoms with van der Waals surface area (Å²) in [6, 6.07) is 22.2. The van der Waals surface area contributed by atoms with E-state index < -0.39 is 30.2 Å². The number of carbonyl (C=O) groups excluding carboxylic acids is 1. The molecule has 0 aliphatic carbocycles. The van der Waals surface area contributed by atoms with E-state index in [1.165, 1.54) is 7.11 Å². The second kappa shape index (κ2) is 11.6. The first-order valence-electron chi connectivity index (χ1n) is 12.1. The number of carbonyl (C=O) groups is 1. The number of nitrogens with one attached hydrogen (secondary N) is 1. The number of amides is 1. The van der Waals surface area contributed by atoms with Crippen molar-refractivity contribution >= 4 is 17.5 Å². The van der Waals surface area contributed by atoms with Gasteiger partial charge in [-0.05, 0) is 67.3 Å². The third-order valence-electron chi connectivity index (χ3n) is 6.46. The highest BCUT2D eigenvalue weighted by Gasteiger charge is 2.50. The zero-order valence-corrected chi connectivity index (χ0v) is 21.8. The molecule has 1 aliphatic rings. The summed E-state index contributed by atoms with van der Waals surface area (Å²) in [5, 5.41) is 24.7. The number of benzene rings is 3. The Hall–Kier alpha value is -2.94. The van der Waals surface area contributed by atoms with Gasteiger partial charge in [0.25, 0.3) is 5.91 Å². The van der Waals surface area contributed by atoms with Crippen LogP contribution in [0.25, 0.3) is 11.1 Å². The summed E-state index contributed by atoms with van der Waals surface area (Å²) in [6.07, 6.45) is -3.79. The average molecular weight is 526 g/mol. The van der Waals surface area contributed by atoms with Crippen LogP contribution in [0.3, 0.4) is 0 Å². The van der Waals surface area contributed by atoms with Gasteiger partial charge >= 0.3 is 0 Å². The molecule has 0 saturated carbocycles. The number of aliphatic hydroxyl groups is 2. The number of rotatable bonds is 8. The molecule has 0 radical (unpaired) electrons. The van der Waals surface area contributed by atoms with Crippen molar-refractivity contribution in [2.75, 3.05) is 13.7 Å². The maximum absolute atomic E-state index is 13.3. The van der Waals surface area contributed by atoms with Gasteiger partial charge in [-0.15, -0.1) is 0 Å². The number of methoxy groups -OCH3 is 1. The van der Waals surface area contributed by atoms with Crippen LogP contribution in [0, 0.1) is 0 Å². The van der Waals surface area contributed by atoms with E-state index in [0.29, 0.717) is 34.9 Å². The molecule has 1 fully saturated rings. The Kier molecular flexibility index (Phi) is 8.52. The zero-order chi connectivity index (χ0) is 26.6. The van der Waals surface area contributed by atoms with Gasteiger partial charge < -0.3 is 29.7 Å². The maximum atomic E-state index is 13.3. The first-order valence-corrected chi connectivity index (χ1v) is 12.5. The van der Waals surface area contributed by atoms with Crippen LogP contribution in [0.2, 0.25) is 5.02 Å². The summed E-state index contributed by atoms with van der Waals surface area (Å²) < 4.78 is 17.2. The van der Waals surface area contributed by atoms with Gasteiger partial charge in [0.2, 0.25) is 6.29 Å². The van der Waals surface area contributed by atoms with Gasteiger partial charge in [0.1, 0.15) is 24.1 Å². The molecule has 196 valence electrons. The minimum atomic E-state index is -1.35. The van der Waals surface area contributed by atoms with Crippen molar-refractivity contribution in [3.05, 3.63) is 88.9 Å². The minimum absolute atomic E-state index is 0.277. The van der Waals surface area contributed by atoms with Crippen molar-refractivity contribution in [2.45, 2.75) is 50.5 Å². The topological polar surface area (TPSA) is 97.3 Å². The molecular weight excluding hydrogens is 494 g/mol. The van der Waals surface area contributed by atoms with Gasteiger partial charge in [-0.1, -0.05) is 54.1 Å². The summed E-state index contributed by atoms with van der Waals surface area (Å²) in [6.45, 7) is 3.95. The largest absolute Gasteiger partial charge is 0.462 e. The van der Waals surface area contributed by atoms with Crippen molar-refractivity contribution in [3.63, 3.8) is 0 Å². The van der Waals surface area contributed by atoms with Crippen molar-refractivity contribution in [1.29, 1.82) is 0 Å². The first kappa shape index (κ1) is 27.1. The van der Waals surface area contributed by atoms with Crippen LogP contribution < -0.4 is 10.1 Å². The fourth-order valence-corrected chi connectivity index (χ4v) is 4.78. The lowest BCUT2D eigenvalue weighted by atomic mass is 9.89. The Morgan fingerprint density at radius 1 is 1.03 bits per heavy atom. The predicted molar refractivity (Wildman–Crippen MR) is 142 cm³/mol. The summed E-state index contributed by atoms with van der Waals surface area (Å²) in [4.78, 5) is 13.3. The van der Waals surface area contributed by atoms with Gasteiger partial charge in [-0.2, -0.15) is 0 Å². The Balaban J connectivity index is 1.59. The van der Waals surface area contributed by atoms with Crippen LogP contribution in [0.15, 0.2) is 72.8 Å². The van der Waals surface area contributed by atoms with Crippen molar-refractivity contribution < 1.29 is 29.2 Å². The van der Waals surface area contributed by atoms with Crippen LogP contribution in [0.5, 0.6) is 5.75 Å². The van der Waals surface area contributed by atoms with Crippen LogP contribution in [-0.4, -0.2) is 60.0 Å². The number of hydrogen-bond acceptors (Lipinski definition) is 6. The Morgan fingerprint density at radius 2 is 1.78 bits per heavy atom. The smallest absolute Gasteiger partial charge is 0.252 e. The lowest BCUT2D eigenvalue weighted by Crippen LogP contribution is -2.63. The number of halogens is 1. The van der Waals surface area contributed by atoms with Crippen molar-refractivity contribution in [2.24, 2.45) is 0 Å². The normalized spacial score (nSPS) is 22.9. The van der Waals surface area contributed by atoms with Gasteiger partial charge in [0, 0.05) is 18.7 Å². The summed E-state index contributed by atoms with van der Waals surface area (Å²) in [5.74, 6) is 0.0307. The fraction of sp³-hybridized carbons (Fsp3) is 0.345. The Morgan fingerprint density at radius 3 is 2.49 bits per heavy atom. The van der Waals surface area contributed by atoms with Crippen LogP contribution in [-0.2, 0) is 15.9 Å². The fourth-order valence-electron chi connectivity index (χ4n) is 4.59. The van der Waals surface area contributed by atoms with E-state index in [1.807, 2.05) is 42.5 Å². The highest BCUT2D eigenvalue weighted by Crippen LogP contribution is 2.34. The molecule has 37 heavy (non-hydrogen) atoms. The molecule has 0 unspecified atom stereocenters. The molecule has 1 saturated heterocycles. The molecule has 4 rings (SSSR count). The van der Waals surface area contributed by atoms with Gasteiger partial charge in [-0.25, -0.2) is 0 Å². The standard InChI is InChI=1S/C29H32ClNO6/c1-29(2)26(35-3)24(32)25(33)28(37-29)36-21-12-13-22(19-10-7-11-20(30)16-19)23(17-21)27(34)31-15-14-18-8-5-4-6-9-18/h4-13,16-17,24-26,28,32-33H,14-15H2,1-3H3,(H,31,34)/t24-,25+,26+,28+/m0/s1. The SMILES string of the molecule is CO[C@@H]1[C@@H](O)[C@@H](O)[C@H](Oc2ccc(-c3cccc(Cl)c3)c(C(=O)NCCc3ccccc3)c2)OC1(C)C. The van der Waals surface area contributed by atoms with Crippen LogP contribution in [0.4, 0.5) is 0 Å². The van der Waals surface area contributed by atoms with Gasteiger partial charge in [0.05, 0.1) is 11.2 Å². The average Bonchev–Trinajstić information content (AvgIpc) is 2.87. The quantitative estimate of drug-likeness (QED) is 0.407. The van der Waals surface area contributed by atoms with Crippen molar-refractivity contribution in [3.8, 4) is 16.9 Å². The second-order valence-electron chi connectivity index (χ2n) is 9.55. The second-order valence-corrected chi connectivity index (χ2v) is 9.99. The lowest BCUT2D eigenvalue weighted by molar-refractivity contribution is -0.305. The molecule has 0 aromatic heterocycles. The molecule has 1 aliphatic heterocycles. The molecule has 4 atom stereocenters. The minimum Gasteiger partial charge on any atom is -0.462 e. The Labute approximate surface area is 221 Å². The lowest BCUT2D eigenvalue weighted by Gasteiger charge is -2.46. The molecule has 3 N–H and O–H groups in total. The van der Waals surface area contributed by atoms with E-state index in [-0.39, 0.29) is 5.91 Å². The third-order valence-corrected chi connectivity index (χ3v) is 6.70. The summed E-state index contributed by atoms with van der Waals surface area (Å²) in [7, 11) is 1.45. The van der Waals surface area contributed by atoms with E-state index >= 15 is 0 Å². The number of ether oxygens (including phenoxy) is 3. The summed E-state index contributed by atoms with van der Waals surface area (Å²) in [5.41, 5.74) is 2.04. The van der Waals surface area contributed by atoms with E-state index in [1.54, 1.807) is 44.2 Å². The van der Waals surface area contributed by atoms with Crippen LogP contribution >= 0.6 is 11.6 Å². The molecular formula is C29H32ClNO6. The van der Waals surface area contributed by atoms with E-state index in [4.69, 9.17) is 25.8 Å². The molecule has 8 heteroatoms. The van der Waals surface area contributed by atoms with Crippen LogP contribution in [0.1, 0.15) is 29.8 Å². The highest BCUT2D eigenvalue weighted by molar-refractivity contribution is 6.30. The monoisotopic (exact) mass is 525 g/mol. The van der Waals surface area contributed by atoms with Gasteiger partial charge in [0.15, 0.2) is 0 Å². The third kappa shape index (κ3) is 6.32. The number of aliphatic hydroxyl groups excluding tert-OH is 2. The Bertz CT molecular complexity index is 1220. The van der Waals surface area contributed by atoms with Crippen molar-refractivity contribution in [1.82, 2.24) is 5.32 Å². The number of hydrogen-bond donors (Lipinski definition) is 3. The molecule has 3 aromatic carbocycles. The van der Waals surface area contributed by atoms with Gasteiger partial charge in [-0.3, -0.25) is 4.79 Å². The molecule has 0 spiro atoms. The summed E-state index contributed by atoms with van der Waals surface area (Å²) >= 11 is 6.21. The molecule has 3 aromatic rings.